The number of carbonyl (C=O) groups excluding carboxylic acids is 1. The fourth-order valence-corrected chi connectivity index (χ4v) is 1.97. The predicted octanol–water partition coefficient (Wildman–Crippen LogP) is 0.700. The predicted molar refractivity (Wildman–Crippen MR) is 62.8 cm³/mol. The zero-order valence-electron chi connectivity index (χ0n) is 10.0. The molecule has 1 aromatic rings. The van der Waals surface area contributed by atoms with Crippen molar-refractivity contribution in [2.75, 3.05) is 0 Å². The molecule has 1 heterocycles. The van der Waals surface area contributed by atoms with E-state index in [0.717, 1.165) is 0 Å². The first kappa shape index (κ1) is 13.0. The van der Waals surface area contributed by atoms with Crippen LogP contribution in [0.2, 0.25) is 0 Å². The minimum Gasteiger partial charge on any atom is -0.453 e. The first-order valence-electron chi connectivity index (χ1n) is 5.85. The van der Waals surface area contributed by atoms with Gasteiger partial charge in [0.2, 0.25) is 0 Å². The summed E-state index contributed by atoms with van der Waals surface area (Å²) in [5.41, 5.74) is 0.419. The van der Waals surface area contributed by atoms with Crippen LogP contribution in [0.3, 0.4) is 0 Å². The van der Waals surface area contributed by atoms with Crippen LogP contribution in [-0.4, -0.2) is 40.8 Å². The highest BCUT2D eigenvalue weighted by Crippen LogP contribution is 2.22. The lowest BCUT2D eigenvalue weighted by molar-refractivity contribution is -0.226. The van der Waals surface area contributed by atoms with Gasteiger partial charge in [0.25, 0.3) is 0 Å². The number of benzene rings is 1. The highest BCUT2D eigenvalue weighted by atomic mass is 16.6. The molecule has 2 rings (SSSR count). The first-order chi connectivity index (χ1) is 8.58. The Labute approximate surface area is 105 Å². The molecule has 5 heteroatoms. The van der Waals surface area contributed by atoms with Crippen LogP contribution in [-0.2, 0) is 9.47 Å². The maximum Gasteiger partial charge on any atom is 0.338 e. The van der Waals surface area contributed by atoms with E-state index in [1.54, 1.807) is 37.3 Å². The van der Waals surface area contributed by atoms with Gasteiger partial charge in [-0.1, -0.05) is 18.2 Å². The van der Waals surface area contributed by atoms with Gasteiger partial charge in [0.15, 0.2) is 12.4 Å². The normalized spacial score (nSPS) is 31.9. The Balaban J connectivity index is 2.03. The Morgan fingerprint density at radius 3 is 2.61 bits per heavy atom. The van der Waals surface area contributed by atoms with Crippen LogP contribution >= 0.6 is 0 Å². The third kappa shape index (κ3) is 2.87. The second kappa shape index (κ2) is 5.48. The molecule has 1 saturated heterocycles. The lowest BCUT2D eigenvalue weighted by Crippen LogP contribution is -2.49. The number of hydrogen-bond acceptors (Lipinski definition) is 5. The molecule has 0 saturated carbocycles. The Morgan fingerprint density at radius 1 is 1.33 bits per heavy atom. The average Bonchev–Trinajstić information content (AvgIpc) is 2.34. The standard InChI is InChI=1S/C13H16O5/c1-8-12(10(14)7-11(15)17-8)18-13(16)9-5-3-2-4-6-9/h2-6,8,10-12,14-15H,7H2,1H3/t8-,10+,11-,12+/m1/s1. The van der Waals surface area contributed by atoms with Gasteiger partial charge in [-0.2, -0.15) is 0 Å². The topological polar surface area (TPSA) is 76.0 Å². The molecule has 4 atom stereocenters. The van der Waals surface area contributed by atoms with Crippen LogP contribution in [0.4, 0.5) is 0 Å². The van der Waals surface area contributed by atoms with E-state index in [0.29, 0.717) is 5.56 Å². The Morgan fingerprint density at radius 2 is 2.00 bits per heavy atom. The third-order valence-corrected chi connectivity index (χ3v) is 2.91. The van der Waals surface area contributed by atoms with E-state index in [1.807, 2.05) is 0 Å². The summed E-state index contributed by atoms with van der Waals surface area (Å²) < 4.78 is 10.3. The maximum absolute atomic E-state index is 11.8. The second-order valence-corrected chi connectivity index (χ2v) is 4.33. The molecule has 1 fully saturated rings. The van der Waals surface area contributed by atoms with Crippen LogP contribution in [0.25, 0.3) is 0 Å². The van der Waals surface area contributed by atoms with Gasteiger partial charge in [-0.25, -0.2) is 4.79 Å². The lowest BCUT2D eigenvalue weighted by Gasteiger charge is -2.35. The molecular formula is C13H16O5. The van der Waals surface area contributed by atoms with Crippen LogP contribution in [0.1, 0.15) is 23.7 Å². The summed E-state index contributed by atoms with van der Waals surface area (Å²) in [5.74, 6) is -0.508. The highest BCUT2D eigenvalue weighted by Gasteiger charge is 2.37. The fourth-order valence-electron chi connectivity index (χ4n) is 1.97. The van der Waals surface area contributed by atoms with Crippen molar-refractivity contribution in [3.05, 3.63) is 35.9 Å². The molecular weight excluding hydrogens is 236 g/mol. The molecule has 0 amide bonds. The van der Waals surface area contributed by atoms with Gasteiger partial charge in [0.1, 0.15) is 0 Å². The summed E-state index contributed by atoms with van der Waals surface area (Å²) in [4.78, 5) is 11.8. The van der Waals surface area contributed by atoms with Crippen molar-refractivity contribution in [1.29, 1.82) is 0 Å². The molecule has 18 heavy (non-hydrogen) atoms. The minimum atomic E-state index is -1.01. The molecule has 0 spiro atoms. The van der Waals surface area contributed by atoms with Gasteiger partial charge in [-0.05, 0) is 19.1 Å². The fraction of sp³-hybridized carbons (Fsp3) is 0.462. The lowest BCUT2D eigenvalue weighted by atomic mass is 10.0. The largest absolute Gasteiger partial charge is 0.453 e. The van der Waals surface area contributed by atoms with E-state index in [-0.39, 0.29) is 6.42 Å². The van der Waals surface area contributed by atoms with Gasteiger partial charge in [0, 0.05) is 6.42 Å². The Bertz CT molecular complexity index is 393. The number of esters is 1. The SMILES string of the molecule is C[C@H]1O[C@@H](O)C[C@H](O)[C@H]1OC(=O)c1ccccc1. The van der Waals surface area contributed by atoms with Crippen LogP contribution < -0.4 is 0 Å². The van der Waals surface area contributed by atoms with E-state index >= 15 is 0 Å². The van der Waals surface area contributed by atoms with E-state index in [4.69, 9.17) is 9.47 Å². The van der Waals surface area contributed by atoms with Gasteiger partial charge < -0.3 is 19.7 Å². The summed E-state index contributed by atoms with van der Waals surface area (Å²) in [7, 11) is 0. The number of carbonyl (C=O) groups is 1. The Hall–Kier alpha value is -1.43. The first-order valence-corrected chi connectivity index (χ1v) is 5.85. The van der Waals surface area contributed by atoms with Gasteiger partial charge in [-0.3, -0.25) is 0 Å². The van der Waals surface area contributed by atoms with E-state index in [1.165, 1.54) is 0 Å². The molecule has 1 aliphatic heterocycles. The van der Waals surface area contributed by atoms with E-state index in [9.17, 15) is 15.0 Å². The smallest absolute Gasteiger partial charge is 0.338 e. The molecule has 0 aliphatic carbocycles. The van der Waals surface area contributed by atoms with Crippen LogP contribution in [0, 0.1) is 0 Å². The molecule has 5 nitrogen and oxygen atoms in total. The maximum atomic E-state index is 11.8. The molecule has 0 bridgehead atoms. The quantitative estimate of drug-likeness (QED) is 0.758. The van der Waals surface area contributed by atoms with Crippen molar-refractivity contribution < 1.29 is 24.5 Å². The van der Waals surface area contributed by atoms with Gasteiger partial charge in [-0.15, -0.1) is 0 Å². The molecule has 0 aromatic heterocycles. The average molecular weight is 252 g/mol. The van der Waals surface area contributed by atoms with Crippen molar-refractivity contribution in [1.82, 2.24) is 0 Å². The van der Waals surface area contributed by atoms with Crippen LogP contribution in [0.5, 0.6) is 0 Å². The highest BCUT2D eigenvalue weighted by molar-refractivity contribution is 5.89. The number of rotatable bonds is 2. The molecule has 0 radical (unpaired) electrons. The second-order valence-electron chi connectivity index (χ2n) is 4.33. The van der Waals surface area contributed by atoms with Crippen molar-refractivity contribution >= 4 is 5.97 Å². The summed E-state index contributed by atoms with van der Waals surface area (Å²) in [5, 5.41) is 19.1. The number of aliphatic hydroxyl groups excluding tert-OH is 2. The van der Waals surface area contributed by atoms with Crippen molar-refractivity contribution in [3.8, 4) is 0 Å². The summed E-state index contributed by atoms with van der Waals surface area (Å²) >= 11 is 0. The van der Waals surface area contributed by atoms with E-state index < -0.39 is 30.6 Å². The summed E-state index contributed by atoms with van der Waals surface area (Å²) in [6, 6.07) is 8.54. The zero-order chi connectivity index (χ0) is 13.1. The third-order valence-electron chi connectivity index (χ3n) is 2.91. The van der Waals surface area contributed by atoms with Crippen molar-refractivity contribution in [3.63, 3.8) is 0 Å². The number of ether oxygens (including phenoxy) is 2. The van der Waals surface area contributed by atoms with Crippen LogP contribution in [0.15, 0.2) is 30.3 Å². The molecule has 1 aromatic carbocycles. The van der Waals surface area contributed by atoms with Crippen molar-refractivity contribution in [2.45, 2.75) is 37.9 Å². The molecule has 1 aliphatic rings. The number of aliphatic hydroxyl groups is 2. The summed E-state index contributed by atoms with van der Waals surface area (Å²) in [6.07, 6.45) is -3.20. The van der Waals surface area contributed by atoms with Gasteiger partial charge >= 0.3 is 5.97 Å². The summed E-state index contributed by atoms with van der Waals surface area (Å²) in [6.45, 7) is 1.65. The molecule has 98 valence electrons. The minimum absolute atomic E-state index is 0.0388. The zero-order valence-corrected chi connectivity index (χ0v) is 10.0. The van der Waals surface area contributed by atoms with E-state index in [2.05, 4.69) is 0 Å². The molecule has 2 N–H and O–H groups in total. The van der Waals surface area contributed by atoms with Crippen molar-refractivity contribution in [2.24, 2.45) is 0 Å². The Kier molecular flexibility index (Phi) is 3.96. The number of hydrogen-bond donors (Lipinski definition) is 2. The van der Waals surface area contributed by atoms with Gasteiger partial charge in [0.05, 0.1) is 17.8 Å². The monoisotopic (exact) mass is 252 g/mol. The molecule has 0 unspecified atom stereocenters.